The highest BCUT2D eigenvalue weighted by Crippen LogP contribution is 2.38. The van der Waals surface area contributed by atoms with E-state index in [-0.39, 0.29) is 11.6 Å². The highest BCUT2D eigenvalue weighted by molar-refractivity contribution is 5.60. The molecule has 0 aliphatic carbocycles. The quantitative estimate of drug-likeness (QED) is 0.290. The number of nitro benzene ring substituents is 1. The topological polar surface area (TPSA) is 114 Å². The van der Waals surface area contributed by atoms with Gasteiger partial charge >= 0.3 is 0 Å². The summed E-state index contributed by atoms with van der Waals surface area (Å²) >= 11 is 0. The van der Waals surface area contributed by atoms with Crippen molar-refractivity contribution in [1.82, 2.24) is 0 Å². The van der Waals surface area contributed by atoms with Crippen LogP contribution < -0.4 is 20.9 Å². The van der Waals surface area contributed by atoms with E-state index >= 15 is 0 Å². The van der Waals surface area contributed by atoms with Crippen molar-refractivity contribution < 1.29 is 14.4 Å². The lowest BCUT2D eigenvalue weighted by atomic mass is 9.84. The van der Waals surface area contributed by atoms with Crippen molar-refractivity contribution in [3.63, 3.8) is 0 Å². The standard InChI is InChI=1S/C21H21N3O4/c1-27-19-11-14(5-9-17(19)22)21(13-3-7-16(8-4-13)24(25)26)15-6-10-18(23)20(12-15)28-2/h3-12,21H,22-23H2,1-2H3. The Kier molecular flexibility index (Phi) is 5.35. The number of hydrogen-bond acceptors (Lipinski definition) is 6. The minimum Gasteiger partial charge on any atom is -0.495 e. The summed E-state index contributed by atoms with van der Waals surface area (Å²) in [5.74, 6) is 0.906. The molecule has 0 saturated carbocycles. The van der Waals surface area contributed by atoms with Crippen molar-refractivity contribution in [2.24, 2.45) is 0 Å². The first-order chi connectivity index (χ1) is 13.4. The van der Waals surface area contributed by atoms with Crippen LogP contribution in [0.3, 0.4) is 0 Å². The van der Waals surface area contributed by atoms with E-state index in [0.717, 1.165) is 16.7 Å². The smallest absolute Gasteiger partial charge is 0.269 e. The number of nitro groups is 1. The largest absolute Gasteiger partial charge is 0.495 e. The number of anilines is 2. The predicted molar refractivity (Wildman–Crippen MR) is 109 cm³/mol. The molecular formula is C21H21N3O4. The molecule has 144 valence electrons. The average Bonchev–Trinajstić information content (AvgIpc) is 2.71. The maximum absolute atomic E-state index is 11.0. The molecule has 7 nitrogen and oxygen atoms in total. The molecule has 0 amide bonds. The zero-order valence-electron chi connectivity index (χ0n) is 15.6. The first kappa shape index (κ1) is 19.0. The van der Waals surface area contributed by atoms with Crippen LogP contribution in [0.25, 0.3) is 0 Å². The second-order valence-corrected chi connectivity index (χ2v) is 6.28. The van der Waals surface area contributed by atoms with Gasteiger partial charge in [0.2, 0.25) is 0 Å². The van der Waals surface area contributed by atoms with Crippen molar-refractivity contribution >= 4 is 17.1 Å². The Hall–Kier alpha value is -3.74. The molecule has 0 aliphatic rings. The van der Waals surface area contributed by atoms with Crippen LogP contribution in [0.1, 0.15) is 22.6 Å². The van der Waals surface area contributed by atoms with Gasteiger partial charge in [0.05, 0.1) is 30.5 Å². The van der Waals surface area contributed by atoms with E-state index in [1.165, 1.54) is 12.1 Å². The van der Waals surface area contributed by atoms with Crippen LogP contribution in [0.2, 0.25) is 0 Å². The summed E-state index contributed by atoms with van der Waals surface area (Å²) in [5.41, 5.74) is 15.7. The van der Waals surface area contributed by atoms with Crippen LogP contribution >= 0.6 is 0 Å². The Morgan fingerprint density at radius 1 is 0.786 bits per heavy atom. The first-order valence-corrected chi connectivity index (χ1v) is 8.55. The molecule has 3 aromatic carbocycles. The van der Waals surface area contributed by atoms with E-state index in [4.69, 9.17) is 20.9 Å². The summed E-state index contributed by atoms with van der Waals surface area (Å²) < 4.78 is 10.7. The summed E-state index contributed by atoms with van der Waals surface area (Å²) in [7, 11) is 3.12. The normalized spacial score (nSPS) is 10.7. The van der Waals surface area contributed by atoms with Gasteiger partial charge in [-0.1, -0.05) is 24.3 Å². The van der Waals surface area contributed by atoms with Crippen molar-refractivity contribution in [1.29, 1.82) is 0 Å². The molecule has 0 atom stereocenters. The molecule has 0 saturated heterocycles. The Morgan fingerprint density at radius 2 is 1.21 bits per heavy atom. The molecule has 0 unspecified atom stereocenters. The van der Waals surface area contributed by atoms with Crippen LogP contribution in [0, 0.1) is 10.1 Å². The van der Waals surface area contributed by atoms with Gasteiger partial charge in [0, 0.05) is 18.1 Å². The monoisotopic (exact) mass is 379 g/mol. The lowest BCUT2D eigenvalue weighted by Gasteiger charge is -2.21. The Labute approximate surface area is 162 Å². The van der Waals surface area contributed by atoms with E-state index in [1.54, 1.807) is 38.5 Å². The zero-order valence-corrected chi connectivity index (χ0v) is 15.6. The summed E-state index contributed by atoms with van der Waals surface area (Å²) in [6, 6.07) is 17.6. The molecule has 3 rings (SSSR count). The fourth-order valence-corrected chi connectivity index (χ4v) is 3.18. The minimum atomic E-state index is -0.419. The molecule has 0 aliphatic heterocycles. The van der Waals surface area contributed by atoms with Gasteiger partial charge < -0.3 is 20.9 Å². The summed E-state index contributed by atoms with van der Waals surface area (Å²) in [6.45, 7) is 0. The Balaban J connectivity index is 2.17. The van der Waals surface area contributed by atoms with E-state index < -0.39 is 4.92 Å². The SMILES string of the molecule is COc1cc(C(c2ccc([N+](=O)[O-])cc2)c2ccc(N)c(OC)c2)ccc1N. The second-order valence-electron chi connectivity index (χ2n) is 6.28. The van der Waals surface area contributed by atoms with E-state index in [2.05, 4.69) is 0 Å². The van der Waals surface area contributed by atoms with Gasteiger partial charge in [-0.05, 0) is 41.0 Å². The van der Waals surface area contributed by atoms with Gasteiger partial charge in [-0.3, -0.25) is 10.1 Å². The fourth-order valence-electron chi connectivity index (χ4n) is 3.18. The van der Waals surface area contributed by atoms with Crippen LogP contribution in [0.5, 0.6) is 11.5 Å². The number of benzene rings is 3. The maximum Gasteiger partial charge on any atom is 0.269 e. The molecular weight excluding hydrogens is 358 g/mol. The first-order valence-electron chi connectivity index (χ1n) is 8.55. The molecule has 0 radical (unpaired) electrons. The van der Waals surface area contributed by atoms with Gasteiger partial charge in [0.25, 0.3) is 5.69 Å². The Bertz CT molecular complexity index is 950. The predicted octanol–water partition coefficient (Wildman–Crippen LogP) is 3.96. The van der Waals surface area contributed by atoms with Crippen LogP contribution in [-0.4, -0.2) is 19.1 Å². The summed E-state index contributed by atoms with van der Waals surface area (Å²) in [4.78, 5) is 10.6. The van der Waals surface area contributed by atoms with Crippen LogP contribution in [-0.2, 0) is 0 Å². The molecule has 7 heteroatoms. The zero-order chi connectivity index (χ0) is 20.3. The number of ether oxygens (including phenoxy) is 2. The third-order valence-electron chi connectivity index (χ3n) is 4.62. The highest BCUT2D eigenvalue weighted by Gasteiger charge is 2.20. The average molecular weight is 379 g/mol. The van der Waals surface area contributed by atoms with Crippen LogP contribution in [0.4, 0.5) is 17.1 Å². The molecule has 3 aromatic rings. The molecule has 0 fully saturated rings. The van der Waals surface area contributed by atoms with E-state index in [0.29, 0.717) is 22.9 Å². The number of nitrogen functional groups attached to an aromatic ring is 2. The highest BCUT2D eigenvalue weighted by atomic mass is 16.6. The summed E-state index contributed by atoms with van der Waals surface area (Å²) in [6.07, 6.45) is 0. The van der Waals surface area contributed by atoms with Gasteiger partial charge in [0.1, 0.15) is 11.5 Å². The van der Waals surface area contributed by atoms with Gasteiger partial charge in [0.15, 0.2) is 0 Å². The van der Waals surface area contributed by atoms with Crippen molar-refractivity contribution in [2.75, 3.05) is 25.7 Å². The van der Waals surface area contributed by atoms with Crippen LogP contribution in [0.15, 0.2) is 60.7 Å². The molecule has 0 heterocycles. The Morgan fingerprint density at radius 3 is 1.61 bits per heavy atom. The molecule has 0 aromatic heterocycles. The minimum absolute atomic E-state index is 0.0345. The number of rotatable bonds is 6. The van der Waals surface area contributed by atoms with Crippen molar-refractivity contribution in [2.45, 2.75) is 5.92 Å². The number of hydrogen-bond donors (Lipinski definition) is 2. The van der Waals surface area contributed by atoms with Crippen molar-refractivity contribution in [3.8, 4) is 11.5 Å². The van der Waals surface area contributed by atoms with Gasteiger partial charge in [-0.2, -0.15) is 0 Å². The molecule has 0 spiro atoms. The lowest BCUT2D eigenvalue weighted by molar-refractivity contribution is -0.384. The molecule has 0 bridgehead atoms. The van der Waals surface area contributed by atoms with Crippen molar-refractivity contribution in [3.05, 3.63) is 87.5 Å². The second kappa shape index (κ2) is 7.87. The number of non-ortho nitro benzene ring substituents is 1. The number of nitrogens with zero attached hydrogens (tertiary/aromatic N) is 1. The lowest BCUT2D eigenvalue weighted by Crippen LogP contribution is -2.06. The van der Waals surface area contributed by atoms with E-state index in [9.17, 15) is 10.1 Å². The molecule has 28 heavy (non-hydrogen) atoms. The van der Waals surface area contributed by atoms with E-state index in [1.807, 2.05) is 24.3 Å². The molecule has 4 N–H and O–H groups in total. The maximum atomic E-state index is 11.0. The fraction of sp³-hybridized carbons (Fsp3) is 0.143. The number of methoxy groups -OCH3 is 2. The number of nitrogens with two attached hydrogens (primary N) is 2. The third-order valence-corrected chi connectivity index (χ3v) is 4.62. The third kappa shape index (κ3) is 3.68. The van der Waals surface area contributed by atoms with Gasteiger partial charge in [-0.15, -0.1) is 0 Å². The summed E-state index contributed by atoms with van der Waals surface area (Å²) in [5, 5.41) is 11.0. The van der Waals surface area contributed by atoms with Gasteiger partial charge in [-0.25, -0.2) is 0 Å².